The van der Waals surface area contributed by atoms with Gasteiger partial charge in [0.2, 0.25) is 0 Å². The third-order valence-corrected chi connectivity index (χ3v) is 4.87. The Morgan fingerprint density at radius 1 is 0.848 bits per heavy atom. The van der Waals surface area contributed by atoms with Crippen LogP contribution in [0.25, 0.3) is 11.1 Å². The average molecular weight is 456 g/mol. The van der Waals surface area contributed by atoms with Crippen molar-refractivity contribution in [2.24, 2.45) is 0 Å². The van der Waals surface area contributed by atoms with Gasteiger partial charge in [-0.3, -0.25) is 5.32 Å². The number of carbonyl (C=O) groups excluding carboxylic acids is 2. The summed E-state index contributed by atoms with van der Waals surface area (Å²) in [6.07, 6.45) is -0.270. The number of nitrogens with one attached hydrogen (secondary N) is 2. The zero-order valence-electron chi connectivity index (χ0n) is 20.6. The Bertz CT molecular complexity index is 907. The molecule has 33 heavy (non-hydrogen) atoms. The molecule has 0 radical (unpaired) electrons. The normalized spacial score (nSPS) is 11.7. The van der Waals surface area contributed by atoms with Gasteiger partial charge in [0.1, 0.15) is 11.2 Å². The van der Waals surface area contributed by atoms with Crippen LogP contribution in [-0.2, 0) is 9.47 Å². The smallest absolute Gasteiger partial charge is 0.412 e. The Morgan fingerprint density at radius 2 is 1.48 bits per heavy atom. The van der Waals surface area contributed by atoms with E-state index in [1.807, 2.05) is 96.3 Å². The van der Waals surface area contributed by atoms with Crippen LogP contribution >= 0.6 is 0 Å². The summed E-state index contributed by atoms with van der Waals surface area (Å²) in [7, 11) is 1.96. The largest absolute Gasteiger partial charge is 0.444 e. The lowest BCUT2D eigenvalue weighted by atomic mass is 10.0. The number of anilines is 1. The molecule has 0 saturated carbocycles. The lowest BCUT2D eigenvalue weighted by Gasteiger charge is -2.28. The molecule has 0 aromatic heterocycles. The predicted molar refractivity (Wildman–Crippen MR) is 132 cm³/mol. The van der Waals surface area contributed by atoms with E-state index in [4.69, 9.17) is 9.47 Å². The lowest BCUT2D eigenvalue weighted by molar-refractivity contribution is 0.0350. The molecule has 0 spiro atoms. The maximum atomic E-state index is 12.6. The van der Waals surface area contributed by atoms with Gasteiger partial charge in [0, 0.05) is 25.2 Å². The van der Waals surface area contributed by atoms with E-state index in [2.05, 4.69) is 15.5 Å². The Kier molecular flexibility index (Phi) is 9.29. The van der Waals surface area contributed by atoms with Crippen LogP contribution in [0, 0.1) is 0 Å². The molecule has 2 aromatic rings. The molecule has 2 rings (SSSR count). The molecule has 2 aromatic carbocycles. The number of benzene rings is 2. The van der Waals surface area contributed by atoms with Crippen LogP contribution in [0.3, 0.4) is 0 Å². The Hall–Kier alpha value is -3.06. The van der Waals surface area contributed by atoms with Gasteiger partial charge in [-0.1, -0.05) is 48.5 Å². The average Bonchev–Trinajstić information content (AvgIpc) is 2.71. The SMILES string of the molecule is CN(CCNC(=O)OC(C)(C)C)CCC(C)(C)OC(=O)Nc1ccccc1-c1ccccc1. The maximum absolute atomic E-state index is 12.6. The van der Waals surface area contributed by atoms with Crippen LogP contribution < -0.4 is 10.6 Å². The molecule has 2 N–H and O–H groups in total. The summed E-state index contributed by atoms with van der Waals surface area (Å²) in [5.41, 5.74) is 1.49. The fourth-order valence-corrected chi connectivity index (χ4v) is 3.13. The number of alkyl carbamates (subject to hydrolysis) is 1. The molecule has 0 atom stereocenters. The summed E-state index contributed by atoms with van der Waals surface area (Å²) in [5.74, 6) is 0. The van der Waals surface area contributed by atoms with Crippen molar-refractivity contribution in [1.82, 2.24) is 10.2 Å². The fraction of sp³-hybridized carbons (Fsp3) is 0.462. The second kappa shape index (κ2) is 11.7. The summed E-state index contributed by atoms with van der Waals surface area (Å²) < 4.78 is 10.9. The number of hydrogen-bond donors (Lipinski definition) is 2. The molecule has 180 valence electrons. The molecule has 0 unspecified atom stereocenters. The van der Waals surface area contributed by atoms with Crippen molar-refractivity contribution >= 4 is 17.9 Å². The molecular weight excluding hydrogens is 418 g/mol. The highest BCUT2D eigenvalue weighted by atomic mass is 16.6. The van der Waals surface area contributed by atoms with Crippen molar-refractivity contribution in [2.75, 3.05) is 32.0 Å². The lowest BCUT2D eigenvalue weighted by Crippen LogP contribution is -2.39. The molecule has 0 aliphatic carbocycles. The molecule has 0 heterocycles. The highest BCUT2D eigenvalue weighted by Gasteiger charge is 2.24. The van der Waals surface area contributed by atoms with Crippen molar-refractivity contribution in [3.05, 3.63) is 54.6 Å². The molecule has 7 nitrogen and oxygen atoms in total. The molecule has 2 amide bonds. The van der Waals surface area contributed by atoms with Crippen molar-refractivity contribution in [2.45, 2.75) is 52.2 Å². The summed E-state index contributed by atoms with van der Waals surface area (Å²) in [5, 5.41) is 5.63. The van der Waals surface area contributed by atoms with Crippen LogP contribution in [0.15, 0.2) is 54.6 Å². The van der Waals surface area contributed by atoms with Crippen LogP contribution in [0.4, 0.5) is 15.3 Å². The van der Waals surface area contributed by atoms with E-state index in [9.17, 15) is 9.59 Å². The Balaban J connectivity index is 1.80. The number of para-hydroxylation sites is 1. The number of rotatable bonds is 9. The third-order valence-electron chi connectivity index (χ3n) is 4.87. The number of likely N-dealkylation sites (N-methyl/N-ethyl adjacent to an activating group) is 1. The molecule has 7 heteroatoms. The van der Waals surface area contributed by atoms with Crippen LogP contribution in [0.2, 0.25) is 0 Å². The molecule has 0 aliphatic heterocycles. The quantitative estimate of drug-likeness (QED) is 0.520. The van der Waals surface area contributed by atoms with Gasteiger partial charge in [-0.05, 0) is 59.7 Å². The minimum absolute atomic E-state index is 0.424. The van der Waals surface area contributed by atoms with E-state index in [0.29, 0.717) is 31.7 Å². The summed E-state index contributed by atoms with van der Waals surface area (Å²) in [4.78, 5) is 26.4. The van der Waals surface area contributed by atoms with Crippen LogP contribution in [0.5, 0.6) is 0 Å². The van der Waals surface area contributed by atoms with E-state index in [1.165, 1.54) is 0 Å². The second-order valence-corrected chi connectivity index (χ2v) is 9.67. The van der Waals surface area contributed by atoms with E-state index in [1.54, 1.807) is 0 Å². The summed E-state index contributed by atoms with van der Waals surface area (Å²) in [6, 6.07) is 17.6. The van der Waals surface area contributed by atoms with Crippen molar-refractivity contribution in [3.8, 4) is 11.1 Å². The van der Waals surface area contributed by atoms with Gasteiger partial charge in [0.25, 0.3) is 0 Å². The first-order chi connectivity index (χ1) is 15.5. The first kappa shape index (κ1) is 26.2. The Morgan fingerprint density at radius 3 is 2.15 bits per heavy atom. The van der Waals surface area contributed by atoms with E-state index >= 15 is 0 Å². The third kappa shape index (κ3) is 9.95. The molecule has 0 bridgehead atoms. The van der Waals surface area contributed by atoms with Crippen molar-refractivity contribution in [3.63, 3.8) is 0 Å². The van der Waals surface area contributed by atoms with Gasteiger partial charge >= 0.3 is 12.2 Å². The molecular formula is C26H37N3O4. The van der Waals surface area contributed by atoms with Gasteiger partial charge in [-0.15, -0.1) is 0 Å². The summed E-state index contributed by atoms with van der Waals surface area (Å²) >= 11 is 0. The first-order valence-corrected chi connectivity index (χ1v) is 11.2. The second-order valence-electron chi connectivity index (χ2n) is 9.67. The van der Waals surface area contributed by atoms with Gasteiger partial charge in [0.15, 0.2) is 0 Å². The zero-order chi connectivity index (χ0) is 24.5. The fourth-order valence-electron chi connectivity index (χ4n) is 3.13. The number of carbonyl (C=O) groups is 2. The van der Waals surface area contributed by atoms with E-state index in [-0.39, 0.29) is 0 Å². The first-order valence-electron chi connectivity index (χ1n) is 11.2. The Labute approximate surface area is 197 Å². The van der Waals surface area contributed by atoms with Crippen LogP contribution in [0.1, 0.15) is 41.0 Å². The highest BCUT2D eigenvalue weighted by Crippen LogP contribution is 2.28. The van der Waals surface area contributed by atoms with Crippen molar-refractivity contribution in [1.29, 1.82) is 0 Å². The van der Waals surface area contributed by atoms with Gasteiger partial charge in [-0.2, -0.15) is 0 Å². The van der Waals surface area contributed by atoms with Gasteiger partial charge in [0.05, 0.1) is 5.69 Å². The minimum atomic E-state index is -0.654. The maximum Gasteiger partial charge on any atom is 0.412 e. The van der Waals surface area contributed by atoms with E-state index in [0.717, 1.165) is 11.1 Å². The van der Waals surface area contributed by atoms with Gasteiger partial charge in [-0.25, -0.2) is 9.59 Å². The van der Waals surface area contributed by atoms with Crippen molar-refractivity contribution < 1.29 is 19.1 Å². The van der Waals surface area contributed by atoms with Gasteiger partial charge < -0.3 is 19.7 Å². The monoisotopic (exact) mass is 455 g/mol. The number of ether oxygens (including phenoxy) is 2. The van der Waals surface area contributed by atoms with E-state index < -0.39 is 23.4 Å². The standard InChI is InChI=1S/C26H37N3O4/c1-25(2,3)32-23(30)27-17-19-29(6)18-16-26(4,5)33-24(31)28-22-15-11-10-14-21(22)20-12-8-7-9-13-20/h7-15H,16-19H2,1-6H3,(H,27,30)(H,28,31). The number of hydrogen-bond acceptors (Lipinski definition) is 5. The predicted octanol–water partition coefficient (Wildman–Crippen LogP) is 5.53. The zero-order valence-corrected chi connectivity index (χ0v) is 20.6. The molecule has 0 aliphatic rings. The minimum Gasteiger partial charge on any atom is -0.444 e. The number of amides is 2. The number of nitrogens with zero attached hydrogens (tertiary/aromatic N) is 1. The summed E-state index contributed by atoms with van der Waals surface area (Å²) in [6.45, 7) is 11.1. The topological polar surface area (TPSA) is 79.9 Å². The molecule has 0 fully saturated rings. The highest BCUT2D eigenvalue weighted by molar-refractivity contribution is 5.91. The molecule has 0 saturated heterocycles. The van der Waals surface area contributed by atoms with Crippen LogP contribution in [-0.4, -0.2) is 55.0 Å².